The number of nitrogens with zero attached hydrogens (tertiary/aromatic N) is 4. The van der Waals surface area contributed by atoms with Crippen LogP contribution in [0.25, 0.3) is 10.7 Å². The van der Waals surface area contributed by atoms with Crippen molar-refractivity contribution in [1.82, 2.24) is 19.9 Å². The first-order valence-electron chi connectivity index (χ1n) is 12.4. The molecular weight excluding hydrogens is 454 g/mol. The number of ether oxygens (including phenoxy) is 1. The van der Waals surface area contributed by atoms with Crippen LogP contribution in [-0.2, 0) is 11.3 Å². The van der Waals surface area contributed by atoms with Gasteiger partial charge < -0.3 is 25.3 Å². The highest BCUT2D eigenvalue weighted by Crippen LogP contribution is 2.29. The molecule has 0 unspecified atom stereocenters. The van der Waals surface area contributed by atoms with Crippen molar-refractivity contribution in [1.29, 1.82) is 0 Å². The molecule has 188 valence electrons. The summed E-state index contributed by atoms with van der Waals surface area (Å²) in [4.78, 5) is 26.0. The molecule has 1 atom stereocenters. The van der Waals surface area contributed by atoms with E-state index in [1.807, 2.05) is 41.2 Å². The molecule has 0 aliphatic heterocycles. The maximum Gasteiger partial charge on any atom is 0.242 e. The molecule has 1 fully saturated rings. The van der Waals surface area contributed by atoms with Gasteiger partial charge in [0.1, 0.15) is 23.4 Å². The minimum Gasteiger partial charge on any atom is -0.498 e. The van der Waals surface area contributed by atoms with E-state index in [2.05, 4.69) is 30.8 Å². The predicted molar refractivity (Wildman–Crippen MR) is 141 cm³/mol. The maximum absolute atomic E-state index is 13.5. The van der Waals surface area contributed by atoms with Crippen molar-refractivity contribution in [3.05, 3.63) is 65.8 Å². The van der Waals surface area contributed by atoms with Crippen molar-refractivity contribution < 1.29 is 9.53 Å². The number of methoxy groups -OCH3 is 1. The van der Waals surface area contributed by atoms with Crippen LogP contribution < -0.4 is 20.7 Å². The second-order valence-corrected chi connectivity index (χ2v) is 9.04. The zero-order chi connectivity index (χ0) is 25.3. The van der Waals surface area contributed by atoms with Gasteiger partial charge in [0.15, 0.2) is 5.69 Å². The van der Waals surface area contributed by atoms with Gasteiger partial charge in [0, 0.05) is 37.6 Å². The highest BCUT2D eigenvalue weighted by atomic mass is 16.5. The van der Waals surface area contributed by atoms with E-state index in [0.29, 0.717) is 41.5 Å². The third-order valence-corrected chi connectivity index (χ3v) is 6.59. The molecule has 2 aromatic heterocycles. The second-order valence-electron chi connectivity index (χ2n) is 9.04. The molecule has 4 rings (SSSR count). The molecule has 1 aliphatic carbocycles. The zero-order valence-electron chi connectivity index (χ0n) is 20.8. The molecule has 9 heteroatoms. The Morgan fingerprint density at radius 1 is 1.19 bits per heavy atom. The molecule has 1 amide bonds. The molecule has 0 saturated heterocycles. The minimum atomic E-state index is -0.446. The van der Waals surface area contributed by atoms with E-state index in [4.69, 9.17) is 11.3 Å². The summed E-state index contributed by atoms with van der Waals surface area (Å²) in [6.45, 7) is 7.52. The number of amides is 1. The van der Waals surface area contributed by atoms with E-state index in [-0.39, 0.29) is 5.91 Å². The fourth-order valence-electron chi connectivity index (χ4n) is 4.66. The average Bonchev–Trinajstić information content (AvgIpc) is 3.47. The Labute approximate surface area is 212 Å². The number of nitrogens with one attached hydrogen (secondary N) is 3. The lowest BCUT2D eigenvalue weighted by atomic mass is 9.84. The van der Waals surface area contributed by atoms with Crippen molar-refractivity contribution in [2.75, 3.05) is 24.8 Å². The summed E-state index contributed by atoms with van der Waals surface area (Å²) < 4.78 is 7.34. The third-order valence-electron chi connectivity index (χ3n) is 6.59. The fourth-order valence-corrected chi connectivity index (χ4v) is 4.66. The van der Waals surface area contributed by atoms with Gasteiger partial charge in [-0.1, -0.05) is 44.2 Å². The number of anilines is 2. The molecule has 0 spiro atoms. The van der Waals surface area contributed by atoms with Gasteiger partial charge in [0.2, 0.25) is 11.9 Å². The highest BCUT2D eigenvalue weighted by molar-refractivity contribution is 5.84. The lowest BCUT2D eigenvalue weighted by Gasteiger charge is -2.27. The van der Waals surface area contributed by atoms with Crippen molar-refractivity contribution in [2.45, 2.75) is 51.1 Å². The van der Waals surface area contributed by atoms with Crippen LogP contribution in [0.1, 0.15) is 44.1 Å². The lowest BCUT2D eigenvalue weighted by Crippen LogP contribution is -2.41. The molecule has 2 heterocycles. The molecular formula is C27H33N7O2. The molecule has 0 radical (unpaired) electrons. The lowest BCUT2D eigenvalue weighted by molar-refractivity contribution is -0.122. The van der Waals surface area contributed by atoms with Crippen LogP contribution in [0.5, 0.6) is 5.75 Å². The van der Waals surface area contributed by atoms with Crippen molar-refractivity contribution >= 4 is 23.4 Å². The molecule has 0 bridgehead atoms. The summed E-state index contributed by atoms with van der Waals surface area (Å²) >= 11 is 0. The number of hydrogen-bond donors (Lipinski definition) is 3. The van der Waals surface area contributed by atoms with Crippen LogP contribution in [0.3, 0.4) is 0 Å². The quantitative estimate of drug-likeness (QED) is 0.351. The number of hydrogen-bond acceptors (Lipinski definition) is 6. The van der Waals surface area contributed by atoms with Crippen LogP contribution in [0.15, 0.2) is 48.8 Å². The molecule has 9 nitrogen and oxygen atoms in total. The zero-order valence-corrected chi connectivity index (χ0v) is 20.8. The van der Waals surface area contributed by atoms with E-state index >= 15 is 0 Å². The number of carbonyl (C=O) groups excluding carboxylic acids is 1. The summed E-state index contributed by atoms with van der Waals surface area (Å²) in [6, 6.07) is 10.5. The Morgan fingerprint density at radius 2 is 1.97 bits per heavy atom. The van der Waals surface area contributed by atoms with Crippen LogP contribution in [0.4, 0.5) is 17.5 Å². The first kappa shape index (κ1) is 25.0. The Bertz CT molecular complexity index is 1200. The van der Waals surface area contributed by atoms with E-state index < -0.39 is 6.04 Å². The first-order chi connectivity index (χ1) is 17.6. The minimum absolute atomic E-state index is 0.0935. The van der Waals surface area contributed by atoms with Gasteiger partial charge in [-0.15, -0.1) is 0 Å². The van der Waals surface area contributed by atoms with E-state index in [1.54, 1.807) is 26.3 Å². The Kier molecular flexibility index (Phi) is 8.40. The fraction of sp³-hybridized carbons (Fsp3) is 0.407. The van der Waals surface area contributed by atoms with E-state index in [9.17, 15) is 4.79 Å². The first-order valence-corrected chi connectivity index (χ1v) is 12.4. The summed E-state index contributed by atoms with van der Waals surface area (Å²) in [5.41, 5.74) is 1.32. The van der Waals surface area contributed by atoms with Crippen LogP contribution in [0.2, 0.25) is 0 Å². The normalized spacial score (nSPS) is 14.5. The molecule has 1 aliphatic rings. The average molecular weight is 488 g/mol. The van der Waals surface area contributed by atoms with E-state index in [1.165, 1.54) is 19.3 Å². The van der Waals surface area contributed by atoms with Gasteiger partial charge in [-0.25, -0.2) is 4.85 Å². The summed E-state index contributed by atoms with van der Waals surface area (Å²) in [7, 11) is 3.34. The number of rotatable bonds is 10. The second kappa shape index (κ2) is 12.1. The van der Waals surface area contributed by atoms with Gasteiger partial charge >= 0.3 is 0 Å². The van der Waals surface area contributed by atoms with Gasteiger partial charge in [-0.3, -0.25) is 4.79 Å². The Morgan fingerprint density at radius 3 is 2.67 bits per heavy atom. The summed E-state index contributed by atoms with van der Waals surface area (Å²) in [6.07, 6.45) is 10.5. The Balaban J connectivity index is 1.54. The monoisotopic (exact) mass is 487 g/mol. The standard InChI is InChI=1S/C27H33N7O2/c1-28-21-12-11-20(23(16-21)36-3)18-30-26(35)22(15-19-9-5-4-6-10-19)31-24-17-25(33-27(29-2)32-24)34-13-7-8-14-34/h7-8,11-14,16-17,19,22H,4-6,9-10,15,18H2,2-3H3,(H,30,35)(H2,29,31,32,33)/t22-/m0/s1. The smallest absolute Gasteiger partial charge is 0.242 e. The van der Waals surface area contributed by atoms with Crippen LogP contribution in [-0.4, -0.2) is 40.6 Å². The highest BCUT2D eigenvalue weighted by Gasteiger charge is 2.25. The third kappa shape index (κ3) is 6.33. The number of benzene rings is 1. The number of aromatic nitrogens is 3. The van der Waals surface area contributed by atoms with Crippen molar-refractivity contribution in [3.8, 4) is 11.6 Å². The van der Waals surface area contributed by atoms with Crippen LogP contribution in [0, 0.1) is 12.5 Å². The van der Waals surface area contributed by atoms with Crippen molar-refractivity contribution in [2.24, 2.45) is 5.92 Å². The maximum atomic E-state index is 13.5. The van der Waals surface area contributed by atoms with E-state index in [0.717, 1.165) is 24.8 Å². The van der Waals surface area contributed by atoms with Crippen molar-refractivity contribution in [3.63, 3.8) is 0 Å². The Hall–Kier alpha value is -4.06. The van der Waals surface area contributed by atoms with Gasteiger partial charge in [-0.05, 0) is 30.5 Å². The topological polar surface area (TPSA) is 97.5 Å². The predicted octanol–water partition coefficient (Wildman–Crippen LogP) is 4.94. The van der Waals surface area contributed by atoms with Gasteiger partial charge in [0.05, 0.1) is 13.7 Å². The molecule has 1 saturated carbocycles. The summed E-state index contributed by atoms with van der Waals surface area (Å²) in [5.74, 6) is 2.76. The SMILES string of the molecule is [C-]#[N+]c1ccc(CNC(=O)[C@H](CC2CCCCC2)Nc2cc(-n3cccc3)nc(NC)n2)c(OC)c1. The largest absolute Gasteiger partial charge is 0.498 e. The number of carbonyl (C=O) groups is 1. The van der Waals surface area contributed by atoms with Gasteiger partial charge in [-0.2, -0.15) is 9.97 Å². The molecule has 36 heavy (non-hydrogen) atoms. The van der Waals surface area contributed by atoms with Crippen LogP contribution >= 0.6 is 0 Å². The summed E-state index contributed by atoms with van der Waals surface area (Å²) in [5, 5.41) is 9.48. The van der Waals surface area contributed by atoms with Gasteiger partial charge in [0.25, 0.3) is 0 Å². The molecule has 3 N–H and O–H groups in total. The molecule has 3 aromatic rings. The molecule has 1 aromatic carbocycles.